The summed E-state index contributed by atoms with van der Waals surface area (Å²) in [4.78, 5) is 0. The van der Waals surface area contributed by atoms with Gasteiger partial charge in [0.15, 0.2) is 0 Å². The quantitative estimate of drug-likeness (QED) is 0.695. The highest BCUT2D eigenvalue weighted by molar-refractivity contribution is 9.11. The number of hydrogen-bond donors (Lipinski definition) is 0. The maximum absolute atomic E-state index is 3.59. The lowest BCUT2D eigenvalue weighted by Gasteiger charge is -1.98. The van der Waals surface area contributed by atoms with Crippen molar-refractivity contribution >= 4 is 43.2 Å². The molecule has 0 aromatic carbocycles. The second kappa shape index (κ2) is 3.35. The van der Waals surface area contributed by atoms with Crippen LogP contribution in [0.1, 0.15) is 25.3 Å². The van der Waals surface area contributed by atoms with Crippen LogP contribution in [0, 0.1) is 11.3 Å². The Labute approximate surface area is 100.0 Å². The van der Waals surface area contributed by atoms with E-state index in [-0.39, 0.29) is 0 Å². The minimum Gasteiger partial charge on any atom is -0.137 e. The van der Waals surface area contributed by atoms with Gasteiger partial charge in [0.05, 0.1) is 3.79 Å². The fourth-order valence-corrected chi connectivity index (χ4v) is 4.60. The average molecular weight is 324 g/mol. The van der Waals surface area contributed by atoms with Gasteiger partial charge in [-0.15, -0.1) is 11.3 Å². The van der Waals surface area contributed by atoms with Crippen molar-refractivity contribution in [2.24, 2.45) is 11.3 Å². The topological polar surface area (TPSA) is 0 Å². The third kappa shape index (κ3) is 1.64. The molecule has 2 unspecified atom stereocenters. The van der Waals surface area contributed by atoms with E-state index in [1.807, 2.05) is 0 Å². The van der Waals surface area contributed by atoms with Crippen molar-refractivity contribution in [3.8, 4) is 0 Å². The SMILES string of the molecule is CC1(C)C(CBr)C1c1csc(Br)c1. The van der Waals surface area contributed by atoms with Crippen molar-refractivity contribution in [3.05, 3.63) is 20.8 Å². The number of halogens is 2. The van der Waals surface area contributed by atoms with E-state index < -0.39 is 0 Å². The van der Waals surface area contributed by atoms with Crippen LogP contribution in [0.5, 0.6) is 0 Å². The molecule has 72 valence electrons. The van der Waals surface area contributed by atoms with Gasteiger partial charge < -0.3 is 0 Å². The monoisotopic (exact) mass is 322 g/mol. The Hall–Kier alpha value is 0.660. The molecule has 1 fully saturated rings. The first-order valence-corrected chi connectivity index (χ1v) is 7.16. The minimum atomic E-state index is 0.490. The number of thiophene rings is 1. The van der Waals surface area contributed by atoms with Crippen LogP contribution >= 0.6 is 43.2 Å². The van der Waals surface area contributed by atoms with Gasteiger partial charge in [-0.1, -0.05) is 29.8 Å². The van der Waals surface area contributed by atoms with Crippen LogP contribution in [0.15, 0.2) is 15.2 Å². The van der Waals surface area contributed by atoms with E-state index in [2.05, 4.69) is 57.2 Å². The van der Waals surface area contributed by atoms with E-state index in [1.165, 1.54) is 9.35 Å². The van der Waals surface area contributed by atoms with Crippen LogP contribution < -0.4 is 0 Å². The Morgan fingerprint density at radius 1 is 1.54 bits per heavy atom. The van der Waals surface area contributed by atoms with Gasteiger partial charge in [-0.05, 0) is 50.2 Å². The van der Waals surface area contributed by atoms with Crippen LogP contribution in [0.25, 0.3) is 0 Å². The minimum absolute atomic E-state index is 0.490. The molecular formula is C10H12Br2S. The molecular weight excluding hydrogens is 312 g/mol. The number of alkyl halides is 1. The van der Waals surface area contributed by atoms with E-state index >= 15 is 0 Å². The normalized spacial score (nSPS) is 30.5. The molecule has 1 aromatic rings. The average Bonchev–Trinajstić information content (AvgIpc) is 2.41. The molecule has 0 nitrogen and oxygen atoms in total. The molecule has 1 aliphatic rings. The summed E-state index contributed by atoms with van der Waals surface area (Å²) in [5, 5.41) is 3.40. The third-order valence-electron chi connectivity index (χ3n) is 3.16. The molecule has 0 saturated heterocycles. The van der Waals surface area contributed by atoms with Gasteiger partial charge in [-0.2, -0.15) is 0 Å². The summed E-state index contributed by atoms with van der Waals surface area (Å²) in [6.07, 6.45) is 0. The molecule has 2 atom stereocenters. The maximum atomic E-state index is 3.59. The van der Waals surface area contributed by atoms with Crippen molar-refractivity contribution in [2.45, 2.75) is 19.8 Å². The fourth-order valence-electron chi connectivity index (χ4n) is 2.18. The third-order valence-corrected chi connectivity index (χ3v) is 5.38. The predicted molar refractivity (Wildman–Crippen MR) is 65.8 cm³/mol. The highest BCUT2D eigenvalue weighted by atomic mass is 79.9. The zero-order valence-electron chi connectivity index (χ0n) is 7.68. The highest BCUT2D eigenvalue weighted by Crippen LogP contribution is 2.65. The molecule has 0 aliphatic heterocycles. The lowest BCUT2D eigenvalue weighted by atomic mass is 10.1. The van der Waals surface area contributed by atoms with Crippen molar-refractivity contribution in [1.29, 1.82) is 0 Å². The summed E-state index contributed by atoms with van der Waals surface area (Å²) >= 11 is 8.89. The second-order valence-corrected chi connectivity index (χ2v) is 7.18. The molecule has 3 heteroatoms. The molecule has 13 heavy (non-hydrogen) atoms. The van der Waals surface area contributed by atoms with E-state index in [0.717, 1.165) is 17.2 Å². The van der Waals surface area contributed by atoms with Gasteiger partial charge in [0.25, 0.3) is 0 Å². The zero-order chi connectivity index (χ0) is 9.64. The van der Waals surface area contributed by atoms with Gasteiger partial charge in [0.1, 0.15) is 0 Å². The van der Waals surface area contributed by atoms with Crippen molar-refractivity contribution in [1.82, 2.24) is 0 Å². The molecule has 1 saturated carbocycles. The summed E-state index contributed by atoms with van der Waals surface area (Å²) in [6.45, 7) is 4.71. The number of rotatable bonds is 2. The Kier molecular flexibility index (Phi) is 2.63. The van der Waals surface area contributed by atoms with Crippen molar-refractivity contribution < 1.29 is 0 Å². The van der Waals surface area contributed by atoms with Gasteiger partial charge in [-0.3, -0.25) is 0 Å². The van der Waals surface area contributed by atoms with Crippen LogP contribution in [0.2, 0.25) is 0 Å². The molecule has 0 amide bonds. The first-order valence-electron chi connectivity index (χ1n) is 4.37. The predicted octanol–water partition coefficient (Wildman–Crippen LogP) is 4.65. The summed E-state index contributed by atoms with van der Waals surface area (Å²) < 4.78 is 1.25. The molecule has 1 aromatic heterocycles. The molecule has 0 N–H and O–H groups in total. The van der Waals surface area contributed by atoms with Crippen LogP contribution in [-0.4, -0.2) is 5.33 Å². The summed E-state index contributed by atoms with van der Waals surface area (Å²) in [5.41, 5.74) is 2.00. The summed E-state index contributed by atoms with van der Waals surface area (Å²) in [5.74, 6) is 1.57. The Balaban J connectivity index is 2.21. The zero-order valence-corrected chi connectivity index (χ0v) is 11.7. The first-order chi connectivity index (χ1) is 6.07. The van der Waals surface area contributed by atoms with Gasteiger partial charge in [0, 0.05) is 5.33 Å². The van der Waals surface area contributed by atoms with Crippen molar-refractivity contribution in [2.75, 3.05) is 5.33 Å². The van der Waals surface area contributed by atoms with E-state index in [0.29, 0.717) is 5.41 Å². The Bertz CT molecular complexity index is 316. The molecule has 0 spiro atoms. The Morgan fingerprint density at radius 2 is 2.23 bits per heavy atom. The lowest BCUT2D eigenvalue weighted by molar-refractivity contribution is 0.580. The standard InChI is InChI=1S/C10H12Br2S/c1-10(2)7(4-11)9(10)6-3-8(12)13-5-6/h3,5,7,9H,4H2,1-2H3. The molecule has 2 rings (SSSR count). The van der Waals surface area contributed by atoms with Gasteiger partial charge in [0.2, 0.25) is 0 Å². The molecule has 0 bridgehead atoms. The van der Waals surface area contributed by atoms with E-state index in [4.69, 9.17) is 0 Å². The maximum Gasteiger partial charge on any atom is 0.0701 e. The summed E-state index contributed by atoms with van der Waals surface area (Å²) in [6, 6.07) is 2.26. The van der Waals surface area contributed by atoms with Crippen molar-refractivity contribution in [3.63, 3.8) is 0 Å². The molecule has 1 aliphatic carbocycles. The first kappa shape index (κ1) is 10.2. The van der Waals surface area contributed by atoms with Gasteiger partial charge in [-0.25, -0.2) is 0 Å². The highest BCUT2D eigenvalue weighted by Gasteiger charge is 2.57. The molecule has 0 radical (unpaired) electrons. The van der Waals surface area contributed by atoms with Crippen LogP contribution in [-0.2, 0) is 0 Å². The second-order valence-electron chi connectivity index (χ2n) is 4.24. The summed E-state index contributed by atoms with van der Waals surface area (Å²) in [7, 11) is 0. The Morgan fingerprint density at radius 3 is 2.62 bits per heavy atom. The fraction of sp³-hybridized carbons (Fsp3) is 0.600. The smallest absolute Gasteiger partial charge is 0.0701 e. The van der Waals surface area contributed by atoms with Crippen LogP contribution in [0.4, 0.5) is 0 Å². The van der Waals surface area contributed by atoms with E-state index in [9.17, 15) is 0 Å². The molecule has 1 heterocycles. The van der Waals surface area contributed by atoms with Crippen LogP contribution in [0.3, 0.4) is 0 Å². The van der Waals surface area contributed by atoms with E-state index in [1.54, 1.807) is 11.3 Å². The number of hydrogen-bond acceptors (Lipinski definition) is 1. The lowest BCUT2D eigenvalue weighted by Crippen LogP contribution is -1.90. The largest absolute Gasteiger partial charge is 0.137 e. The van der Waals surface area contributed by atoms with Gasteiger partial charge >= 0.3 is 0 Å².